The molecule has 4 rings (SSSR count). The fraction of sp³-hybridized carbons (Fsp3) is 0.316. The number of fused-ring (bicyclic) bond motifs is 1. The Balaban J connectivity index is 0.00000210. The van der Waals surface area contributed by atoms with E-state index in [0.29, 0.717) is 0 Å². The zero-order valence-electron chi connectivity index (χ0n) is 14.7. The van der Waals surface area contributed by atoms with Gasteiger partial charge in [-0.1, -0.05) is 12.1 Å². The molecule has 8 heteroatoms. The molecule has 1 aromatic carbocycles. The van der Waals surface area contributed by atoms with Crippen LogP contribution in [-0.4, -0.2) is 42.0 Å². The van der Waals surface area contributed by atoms with E-state index in [4.69, 9.17) is 25.3 Å². The number of rotatable bonds is 4. The molecule has 0 saturated carbocycles. The van der Waals surface area contributed by atoms with Gasteiger partial charge in [0.1, 0.15) is 6.17 Å². The summed E-state index contributed by atoms with van der Waals surface area (Å²) in [4.78, 5) is 4.56. The number of aromatic nitrogens is 1. The monoisotopic (exact) mass is 581 g/mol. The van der Waals surface area contributed by atoms with Gasteiger partial charge in [-0.3, -0.25) is 0 Å². The number of nitrogens with one attached hydrogen (secondary N) is 2. The van der Waals surface area contributed by atoms with Crippen LogP contribution in [0, 0.1) is 0 Å². The van der Waals surface area contributed by atoms with Crippen molar-refractivity contribution in [2.45, 2.75) is 10.9 Å². The predicted molar refractivity (Wildman–Crippen MR) is 112 cm³/mol. The summed E-state index contributed by atoms with van der Waals surface area (Å²) in [6, 6.07) is 12.6. The third-order valence-electron chi connectivity index (χ3n) is 4.81. The maximum atomic E-state index is 5.17. The van der Waals surface area contributed by atoms with Crippen molar-refractivity contribution in [3.63, 3.8) is 0 Å². The van der Waals surface area contributed by atoms with E-state index >= 15 is 0 Å². The van der Waals surface area contributed by atoms with Gasteiger partial charge < -0.3 is 45.7 Å². The van der Waals surface area contributed by atoms with E-state index in [2.05, 4.69) is 73.9 Å². The van der Waals surface area contributed by atoms with Crippen molar-refractivity contribution in [1.82, 2.24) is 4.90 Å². The molecule has 0 atom stereocenters. The molecule has 1 radical (unpaired) electrons. The first-order valence-electron chi connectivity index (χ1n) is 8.81. The summed E-state index contributed by atoms with van der Waals surface area (Å²) in [7, 11) is 0. The maximum Gasteiger partial charge on any atom is 0.176 e. The molecule has 1 aromatic heterocycles. The molecule has 2 aliphatic rings. The predicted octanol–water partition coefficient (Wildman–Crippen LogP) is 1.81. The van der Waals surface area contributed by atoms with Gasteiger partial charge in [0.2, 0.25) is 0 Å². The number of anilines is 3. The van der Waals surface area contributed by atoms with Crippen molar-refractivity contribution in [2.24, 2.45) is 0 Å². The molecule has 147 valence electrons. The van der Waals surface area contributed by atoms with Gasteiger partial charge in [-0.05, 0) is 12.1 Å². The van der Waals surface area contributed by atoms with Crippen LogP contribution in [0.5, 0.6) is 0 Å². The Bertz CT molecular complexity index is 751. The minimum Gasteiger partial charge on any atom is -0.800 e. The second-order valence-corrected chi connectivity index (χ2v) is 7.68. The normalized spacial score (nSPS) is 17.5. The van der Waals surface area contributed by atoms with Crippen molar-refractivity contribution in [2.75, 3.05) is 41.7 Å². The molecular formula is C19H22AuN5S2-. The Morgan fingerprint density at radius 1 is 0.963 bits per heavy atom. The summed E-state index contributed by atoms with van der Waals surface area (Å²) in [5, 5.41) is 6.88. The van der Waals surface area contributed by atoms with E-state index in [1.165, 1.54) is 5.69 Å². The molecule has 2 N–H and O–H groups in total. The Morgan fingerprint density at radius 3 is 2.11 bits per heavy atom. The van der Waals surface area contributed by atoms with E-state index < -0.39 is 0 Å². The smallest absolute Gasteiger partial charge is 0.176 e. The molecule has 0 bridgehead atoms. The molecule has 0 amide bonds. The second-order valence-electron chi connectivity index (χ2n) is 6.49. The Morgan fingerprint density at radius 2 is 1.56 bits per heavy atom. The first kappa shape index (κ1) is 20.6. The quantitative estimate of drug-likeness (QED) is 0.326. The summed E-state index contributed by atoms with van der Waals surface area (Å²) in [5.74, 6) is 0. The zero-order chi connectivity index (χ0) is 17.9. The van der Waals surface area contributed by atoms with Gasteiger partial charge >= 0.3 is 0 Å². The number of para-hydroxylation sites is 2. The number of benzene rings is 1. The van der Waals surface area contributed by atoms with Gasteiger partial charge in [-0.2, -0.15) is 4.57 Å². The van der Waals surface area contributed by atoms with Gasteiger partial charge in [0, 0.05) is 72.5 Å². The summed E-state index contributed by atoms with van der Waals surface area (Å²) < 4.78 is 1.87. The first-order chi connectivity index (χ1) is 12.7. The topological polar surface area (TPSA) is 34.4 Å². The number of hydrogen-bond acceptors (Lipinski definition) is 6. The minimum absolute atomic E-state index is 0. The Labute approximate surface area is 187 Å². The largest absolute Gasteiger partial charge is 0.800 e. The molecule has 27 heavy (non-hydrogen) atoms. The standard InChI is InChI=1S/C19H23N5S2.Au/c25-19(26)24-13-11-23(12-14-24)15-5-8-22(9-6-15)10-7-18-20-16-3-1-2-4-17(16)21-18;/h1-10,18-21H,11-14H2,(H-,25,26);/p-1/b10-7+;. The van der Waals surface area contributed by atoms with Gasteiger partial charge in [0.05, 0.1) is 11.4 Å². The van der Waals surface area contributed by atoms with Gasteiger partial charge in [0.25, 0.3) is 0 Å². The molecule has 0 unspecified atom stereocenters. The molecule has 2 aliphatic heterocycles. The van der Waals surface area contributed by atoms with Crippen molar-refractivity contribution < 1.29 is 26.9 Å². The third kappa shape index (κ3) is 5.04. The van der Waals surface area contributed by atoms with Crippen LogP contribution in [0.2, 0.25) is 0 Å². The van der Waals surface area contributed by atoms with Crippen LogP contribution in [0.1, 0.15) is 0 Å². The van der Waals surface area contributed by atoms with E-state index in [-0.39, 0.29) is 33.3 Å². The van der Waals surface area contributed by atoms with E-state index in [0.717, 1.165) is 37.6 Å². The molecule has 0 aliphatic carbocycles. The van der Waals surface area contributed by atoms with Crippen LogP contribution < -0.4 is 20.1 Å². The first-order valence-corrected chi connectivity index (χ1v) is 9.75. The molecular weight excluding hydrogens is 559 g/mol. The average molecular weight is 582 g/mol. The summed E-state index contributed by atoms with van der Waals surface area (Å²) >= 11 is 10.3. The van der Waals surface area contributed by atoms with Gasteiger partial charge in [-0.15, -0.1) is 0 Å². The third-order valence-corrected chi connectivity index (χ3v) is 5.41. The fourth-order valence-corrected chi connectivity index (χ4v) is 3.74. The fourth-order valence-electron chi connectivity index (χ4n) is 3.32. The number of hydrogen-bond donors (Lipinski definition) is 2. The number of pyridine rings is 1. The molecule has 0 spiro atoms. The van der Waals surface area contributed by atoms with Crippen LogP contribution in [0.15, 0.2) is 54.9 Å². The van der Waals surface area contributed by atoms with Crippen LogP contribution in [-0.2, 0) is 47.6 Å². The van der Waals surface area contributed by atoms with Crippen LogP contribution in [0.4, 0.5) is 17.1 Å². The van der Waals surface area contributed by atoms with Crippen LogP contribution in [0.3, 0.4) is 0 Å². The summed E-state index contributed by atoms with van der Waals surface area (Å²) in [6.45, 7) is 3.81. The summed E-state index contributed by atoms with van der Waals surface area (Å²) in [6.07, 6.45) is 8.47. The van der Waals surface area contributed by atoms with Gasteiger partial charge in [-0.25, -0.2) is 4.71 Å². The number of nitrogens with zero attached hydrogens (tertiary/aromatic N) is 3. The van der Waals surface area contributed by atoms with Crippen molar-refractivity contribution in [1.29, 1.82) is 0 Å². The summed E-state index contributed by atoms with van der Waals surface area (Å²) in [5.41, 5.74) is 3.52. The van der Waals surface area contributed by atoms with E-state index in [1.54, 1.807) is 0 Å². The molecule has 5 nitrogen and oxygen atoms in total. The van der Waals surface area contributed by atoms with Crippen molar-refractivity contribution >= 4 is 48.5 Å². The van der Waals surface area contributed by atoms with Crippen LogP contribution >= 0.6 is 0 Å². The molecule has 3 heterocycles. The Hall–Kier alpha value is -1.09. The number of piperazine rings is 1. The molecule has 1 fully saturated rings. The second kappa shape index (κ2) is 9.41. The van der Waals surface area contributed by atoms with E-state index in [1.807, 2.05) is 12.1 Å². The molecule has 1 saturated heterocycles. The van der Waals surface area contributed by atoms with E-state index in [9.17, 15) is 0 Å². The average Bonchev–Trinajstić information content (AvgIpc) is 3.10. The zero-order valence-corrected chi connectivity index (χ0v) is 18.5. The van der Waals surface area contributed by atoms with Gasteiger partial charge in [0.15, 0.2) is 18.6 Å². The van der Waals surface area contributed by atoms with Crippen molar-refractivity contribution in [3.8, 4) is 0 Å². The van der Waals surface area contributed by atoms with Crippen LogP contribution in [0.25, 0.3) is 6.20 Å². The SMILES string of the molecule is [Au].[S-]C([S-])N1CCN(c2cc[n+](/C=C/C3Nc4ccccc4N3)cc2)CC1. The Kier molecular flexibility index (Phi) is 7.19. The van der Waals surface area contributed by atoms with Crippen molar-refractivity contribution in [3.05, 3.63) is 54.9 Å². The minimum atomic E-state index is -0.191. The maximum absolute atomic E-state index is 5.17. The molecule has 2 aromatic rings.